The summed E-state index contributed by atoms with van der Waals surface area (Å²) < 4.78 is 2.98. The summed E-state index contributed by atoms with van der Waals surface area (Å²) in [6.45, 7) is 2.75. The Morgan fingerprint density at radius 2 is 2.06 bits per heavy atom. The lowest BCUT2D eigenvalue weighted by molar-refractivity contribution is 0.638. The van der Waals surface area contributed by atoms with E-state index in [9.17, 15) is 0 Å². The van der Waals surface area contributed by atoms with Gasteiger partial charge in [0.05, 0.1) is 6.54 Å². The molecule has 0 aliphatic carbocycles. The maximum Gasteiger partial charge on any atom is 0.200 e. The van der Waals surface area contributed by atoms with Crippen LogP contribution in [-0.2, 0) is 13.0 Å². The van der Waals surface area contributed by atoms with E-state index >= 15 is 0 Å². The van der Waals surface area contributed by atoms with Crippen LogP contribution in [0, 0.1) is 8.98 Å². The van der Waals surface area contributed by atoms with Crippen molar-refractivity contribution in [3.63, 3.8) is 0 Å². The Morgan fingerprint density at radius 3 is 2.62 bits per heavy atom. The molecule has 0 aliphatic heterocycles. The first-order chi connectivity index (χ1) is 7.69. The molecule has 0 radical (unpaired) electrons. The minimum atomic E-state index is 0.524. The highest BCUT2D eigenvalue weighted by atomic mass is 127. The molecule has 2 rings (SSSR count). The lowest BCUT2D eigenvalue weighted by Gasteiger charge is -2.01. The number of aromatic nitrogens is 2. The van der Waals surface area contributed by atoms with Crippen molar-refractivity contribution in [3.05, 3.63) is 43.2 Å². The molecule has 0 unspecified atom stereocenters. The number of aryl methyl sites for hydroxylation is 1. The van der Waals surface area contributed by atoms with Gasteiger partial charge in [-0.1, -0.05) is 30.4 Å². The molecule has 0 amide bonds. The molecule has 2 aromatic rings. The third-order valence-electron chi connectivity index (χ3n) is 2.23. The van der Waals surface area contributed by atoms with Crippen molar-refractivity contribution in [2.75, 3.05) is 0 Å². The molecular formula is C11H12IN3S. The zero-order valence-electron chi connectivity index (χ0n) is 8.90. The maximum absolute atomic E-state index is 7.80. The van der Waals surface area contributed by atoms with E-state index in [-0.39, 0.29) is 0 Å². The smallest absolute Gasteiger partial charge is 0.200 e. The minimum absolute atomic E-state index is 0.524. The van der Waals surface area contributed by atoms with Crippen LogP contribution in [0.2, 0.25) is 0 Å². The molecule has 0 saturated heterocycles. The third-order valence-corrected chi connectivity index (χ3v) is 3.96. The number of rotatable bonds is 3. The molecular weight excluding hydrogens is 333 g/mol. The van der Waals surface area contributed by atoms with E-state index < -0.39 is 0 Å². The molecule has 0 bridgehead atoms. The van der Waals surface area contributed by atoms with Gasteiger partial charge in [0.15, 0.2) is 0 Å². The molecule has 0 atom stereocenters. The van der Waals surface area contributed by atoms with Crippen molar-refractivity contribution < 1.29 is 0 Å². The Hall–Kier alpha value is -0.690. The van der Waals surface area contributed by atoms with Gasteiger partial charge in [0.25, 0.3) is 0 Å². The van der Waals surface area contributed by atoms with Gasteiger partial charge in [0.2, 0.25) is 4.80 Å². The minimum Gasteiger partial charge on any atom is -0.274 e. The van der Waals surface area contributed by atoms with Crippen molar-refractivity contribution in [1.29, 1.82) is 5.41 Å². The Morgan fingerprint density at radius 1 is 1.38 bits per heavy atom. The predicted octanol–water partition coefficient (Wildman–Crippen LogP) is 2.64. The van der Waals surface area contributed by atoms with Crippen LogP contribution in [-0.4, -0.2) is 9.78 Å². The fourth-order valence-electron chi connectivity index (χ4n) is 1.38. The van der Waals surface area contributed by atoms with Crippen LogP contribution in [0.3, 0.4) is 0 Å². The SMILES string of the molecule is CCc1nn(Cc2ccc(I)cc2)c(=N)s1. The Labute approximate surface area is 112 Å². The van der Waals surface area contributed by atoms with Crippen molar-refractivity contribution in [1.82, 2.24) is 9.78 Å². The van der Waals surface area contributed by atoms with Crippen molar-refractivity contribution in [2.24, 2.45) is 0 Å². The zero-order valence-corrected chi connectivity index (χ0v) is 11.9. The monoisotopic (exact) mass is 345 g/mol. The van der Waals surface area contributed by atoms with Crippen molar-refractivity contribution >= 4 is 33.9 Å². The van der Waals surface area contributed by atoms with Crippen LogP contribution >= 0.6 is 33.9 Å². The third kappa shape index (κ3) is 2.70. The predicted molar refractivity (Wildman–Crippen MR) is 73.6 cm³/mol. The van der Waals surface area contributed by atoms with Gasteiger partial charge in [0.1, 0.15) is 5.01 Å². The molecule has 1 aromatic carbocycles. The van der Waals surface area contributed by atoms with E-state index in [0.717, 1.165) is 11.4 Å². The fourth-order valence-corrected chi connectivity index (χ4v) is 2.45. The average molecular weight is 345 g/mol. The van der Waals surface area contributed by atoms with Crippen molar-refractivity contribution in [3.8, 4) is 0 Å². The maximum atomic E-state index is 7.80. The molecule has 1 heterocycles. The van der Waals surface area contributed by atoms with E-state index in [4.69, 9.17) is 5.41 Å². The number of hydrogen-bond donors (Lipinski definition) is 1. The fraction of sp³-hybridized carbons (Fsp3) is 0.273. The van der Waals surface area contributed by atoms with E-state index in [1.165, 1.54) is 20.5 Å². The molecule has 3 nitrogen and oxygen atoms in total. The first-order valence-corrected chi connectivity index (χ1v) is 6.94. The van der Waals surface area contributed by atoms with E-state index in [1.807, 2.05) is 0 Å². The summed E-state index contributed by atoms with van der Waals surface area (Å²) in [4.78, 5) is 0.524. The van der Waals surface area contributed by atoms with Crippen LogP contribution < -0.4 is 4.80 Å². The first kappa shape index (κ1) is 11.8. The van der Waals surface area contributed by atoms with Gasteiger partial charge in [-0.2, -0.15) is 5.10 Å². The summed E-state index contributed by atoms with van der Waals surface area (Å²) >= 11 is 3.74. The summed E-state index contributed by atoms with van der Waals surface area (Å²) in [5.74, 6) is 0. The molecule has 0 saturated carbocycles. The van der Waals surface area contributed by atoms with Crippen LogP contribution in [0.25, 0.3) is 0 Å². The Kier molecular flexibility index (Phi) is 3.75. The summed E-state index contributed by atoms with van der Waals surface area (Å²) in [5, 5.41) is 13.2. The van der Waals surface area contributed by atoms with E-state index in [2.05, 4.69) is 58.9 Å². The highest BCUT2D eigenvalue weighted by Gasteiger charge is 2.02. The highest BCUT2D eigenvalue weighted by Crippen LogP contribution is 2.08. The topological polar surface area (TPSA) is 41.7 Å². The molecule has 0 aliphatic rings. The van der Waals surface area contributed by atoms with Crippen LogP contribution in [0.5, 0.6) is 0 Å². The van der Waals surface area contributed by atoms with Gasteiger partial charge in [-0.3, -0.25) is 5.41 Å². The van der Waals surface area contributed by atoms with Crippen LogP contribution in [0.1, 0.15) is 17.5 Å². The van der Waals surface area contributed by atoms with E-state index in [1.54, 1.807) is 4.68 Å². The largest absolute Gasteiger partial charge is 0.274 e. The summed E-state index contributed by atoms with van der Waals surface area (Å²) in [7, 11) is 0. The Balaban J connectivity index is 2.23. The van der Waals surface area contributed by atoms with Crippen LogP contribution in [0.15, 0.2) is 24.3 Å². The average Bonchev–Trinajstić information content (AvgIpc) is 2.63. The molecule has 1 N–H and O–H groups in total. The van der Waals surface area contributed by atoms with E-state index in [0.29, 0.717) is 11.3 Å². The van der Waals surface area contributed by atoms with Gasteiger partial charge in [-0.25, -0.2) is 4.68 Å². The first-order valence-electron chi connectivity index (χ1n) is 5.05. The lowest BCUT2D eigenvalue weighted by atomic mass is 10.2. The zero-order chi connectivity index (χ0) is 11.5. The number of halogens is 1. The Bertz CT molecular complexity index is 527. The lowest BCUT2D eigenvalue weighted by Crippen LogP contribution is -2.15. The number of hydrogen-bond acceptors (Lipinski definition) is 3. The number of benzene rings is 1. The molecule has 1 aromatic heterocycles. The second-order valence-corrected chi connectivity index (χ2v) is 5.75. The summed E-state index contributed by atoms with van der Waals surface area (Å²) in [6, 6.07) is 8.32. The quantitative estimate of drug-likeness (QED) is 0.854. The number of nitrogens with one attached hydrogen (secondary N) is 1. The van der Waals surface area contributed by atoms with Gasteiger partial charge in [0, 0.05) is 3.57 Å². The van der Waals surface area contributed by atoms with Gasteiger partial charge in [-0.15, -0.1) is 0 Å². The second kappa shape index (κ2) is 5.09. The molecule has 84 valence electrons. The van der Waals surface area contributed by atoms with Gasteiger partial charge >= 0.3 is 0 Å². The molecule has 0 spiro atoms. The standard InChI is InChI=1S/C11H12IN3S/c1-2-10-14-15(11(13)16-10)7-8-3-5-9(12)6-4-8/h3-6,13H,2,7H2,1H3. The summed E-state index contributed by atoms with van der Waals surface area (Å²) in [6.07, 6.45) is 0.899. The van der Waals surface area contributed by atoms with Crippen molar-refractivity contribution in [2.45, 2.75) is 19.9 Å². The van der Waals surface area contributed by atoms with Crippen LogP contribution in [0.4, 0.5) is 0 Å². The molecule has 5 heteroatoms. The number of nitrogens with zero attached hydrogens (tertiary/aromatic N) is 2. The second-order valence-electron chi connectivity index (χ2n) is 3.44. The highest BCUT2D eigenvalue weighted by molar-refractivity contribution is 14.1. The molecule has 16 heavy (non-hydrogen) atoms. The van der Waals surface area contributed by atoms with Gasteiger partial charge < -0.3 is 0 Å². The normalized spacial score (nSPS) is 10.6. The van der Waals surface area contributed by atoms with Gasteiger partial charge in [-0.05, 0) is 46.7 Å². The molecule has 0 fully saturated rings. The summed E-state index contributed by atoms with van der Waals surface area (Å²) in [5.41, 5.74) is 1.19.